The average Bonchev–Trinajstić information content (AvgIpc) is 2.57. The highest BCUT2D eigenvalue weighted by atomic mass is 16.3. The van der Waals surface area contributed by atoms with Crippen LogP contribution in [0.5, 0.6) is 0 Å². The van der Waals surface area contributed by atoms with Crippen LogP contribution in [-0.2, 0) is 10.8 Å². The molecule has 0 amide bonds. The molecule has 0 N–H and O–H groups in total. The van der Waals surface area contributed by atoms with Gasteiger partial charge in [-0.25, -0.2) is 4.98 Å². The molecule has 92 valence electrons. The predicted octanol–water partition coefficient (Wildman–Crippen LogP) is 4.42. The fraction of sp³-hybridized carbons (Fsp3) is 0.533. The third-order valence-corrected chi connectivity index (χ3v) is 2.86. The van der Waals surface area contributed by atoms with E-state index in [2.05, 4.69) is 58.7 Å². The van der Waals surface area contributed by atoms with Crippen LogP contribution in [0.2, 0.25) is 0 Å². The monoisotopic (exact) mass is 231 g/mol. The quantitative estimate of drug-likeness (QED) is 0.670. The van der Waals surface area contributed by atoms with Crippen LogP contribution in [0.4, 0.5) is 0 Å². The summed E-state index contributed by atoms with van der Waals surface area (Å²) in [6.07, 6.45) is 0. The summed E-state index contributed by atoms with van der Waals surface area (Å²) in [5.41, 5.74) is 3.15. The number of hydrogen-bond donors (Lipinski definition) is 0. The summed E-state index contributed by atoms with van der Waals surface area (Å²) in [6.45, 7) is 12.9. The van der Waals surface area contributed by atoms with Crippen LogP contribution in [0.15, 0.2) is 22.6 Å². The van der Waals surface area contributed by atoms with Crippen molar-refractivity contribution in [1.29, 1.82) is 0 Å². The first-order valence-electron chi connectivity index (χ1n) is 6.10. The summed E-state index contributed by atoms with van der Waals surface area (Å²) in [5, 5.41) is 0. The average molecular weight is 231 g/mol. The van der Waals surface area contributed by atoms with Gasteiger partial charge in [0.15, 0.2) is 5.58 Å². The molecule has 2 nitrogen and oxygen atoms in total. The first-order chi connectivity index (χ1) is 7.69. The van der Waals surface area contributed by atoms with E-state index in [4.69, 9.17) is 4.42 Å². The number of fused-ring (bicyclic) bond motifs is 1. The predicted molar refractivity (Wildman–Crippen MR) is 71.4 cm³/mol. The third-order valence-electron chi connectivity index (χ3n) is 2.86. The molecular formula is C15H21NO. The molecule has 0 fully saturated rings. The molecule has 2 aromatic rings. The van der Waals surface area contributed by atoms with Crippen molar-refractivity contribution in [1.82, 2.24) is 4.98 Å². The van der Waals surface area contributed by atoms with Crippen LogP contribution in [0.1, 0.15) is 53.0 Å². The standard InChI is InChI=1S/C15H21NO/c1-14(2,3)10-8-7-9-11-12(10)17-13(16-11)15(4,5)6/h7-9H,1-6H3. The lowest BCUT2D eigenvalue weighted by Crippen LogP contribution is -2.11. The molecule has 0 saturated carbocycles. The van der Waals surface area contributed by atoms with Crippen molar-refractivity contribution in [3.63, 3.8) is 0 Å². The summed E-state index contributed by atoms with van der Waals surface area (Å²) in [4.78, 5) is 4.59. The minimum atomic E-state index is -0.0474. The maximum atomic E-state index is 5.98. The number of nitrogens with zero attached hydrogens (tertiary/aromatic N) is 1. The van der Waals surface area contributed by atoms with E-state index in [1.54, 1.807) is 0 Å². The topological polar surface area (TPSA) is 26.0 Å². The summed E-state index contributed by atoms with van der Waals surface area (Å²) in [7, 11) is 0. The van der Waals surface area contributed by atoms with Crippen molar-refractivity contribution in [2.24, 2.45) is 0 Å². The lowest BCUT2D eigenvalue weighted by Gasteiger charge is -2.18. The number of hydrogen-bond acceptors (Lipinski definition) is 2. The van der Waals surface area contributed by atoms with Gasteiger partial charge in [-0.1, -0.05) is 53.7 Å². The summed E-state index contributed by atoms with van der Waals surface area (Å²) >= 11 is 0. The number of benzene rings is 1. The molecule has 0 aliphatic heterocycles. The van der Waals surface area contributed by atoms with Gasteiger partial charge in [0.05, 0.1) is 0 Å². The lowest BCUT2D eigenvalue weighted by atomic mass is 9.86. The maximum Gasteiger partial charge on any atom is 0.200 e. The summed E-state index contributed by atoms with van der Waals surface area (Å²) in [6, 6.07) is 6.20. The van der Waals surface area contributed by atoms with Crippen LogP contribution < -0.4 is 0 Å². The highest BCUT2D eigenvalue weighted by molar-refractivity contribution is 5.77. The Labute approximate surface area is 103 Å². The number of rotatable bonds is 0. The Morgan fingerprint density at radius 3 is 2.12 bits per heavy atom. The van der Waals surface area contributed by atoms with Crippen molar-refractivity contribution in [3.05, 3.63) is 29.7 Å². The van der Waals surface area contributed by atoms with Crippen LogP contribution >= 0.6 is 0 Å². The van der Waals surface area contributed by atoms with Crippen LogP contribution in [0.25, 0.3) is 11.1 Å². The summed E-state index contributed by atoms with van der Waals surface area (Å²) in [5.74, 6) is 0.809. The van der Waals surface area contributed by atoms with Crippen molar-refractivity contribution in [2.75, 3.05) is 0 Å². The molecule has 0 saturated heterocycles. The Bertz CT molecular complexity index is 538. The van der Waals surface area contributed by atoms with E-state index in [0.717, 1.165) is 17.0 Å². The first-order valence-corrected chi connectivity index (χ1v) is 6.10. The van der Waals surface area contributed by atoms with Gasteiger partial charge in [0, 0.05) is 11.0 Å². The molecule has 0 bridgehead atoms. The van der Waals surface area contributed by atoms with Crippen molar-refractivity contribution in [2.45, 2.75) is 52.4 Å². The fourth-order valence-corrected chi connectivity index (χ4v) is 1.86. The number of oxazole rings is 1. The maximum absolute atomic E-state index is 5.98. The van der Waals surface area contributed by atoms with E-state index in [1.165, 1.54) is 5.56 Å². The Balaban J connectivity index is 2.70. The highest BCUT2D eigenvalue weighted by Gasteiger charge is 2.24. The molecular weight excluding hydrogens is 210 g/mol. The zero-order chi connectivity index (χ0) is 12.8. The Morgan fingerprint density at radius 1 is 0.941 bits per heavy atom. The fourth-order valence-electron chi connectivity index (χ4n) is 1.86. The van der Waals surface area contributed by atoms with Gasteiger partial charge in [0.25, 0.3) is 0 Å². The van der Waals surface area contributed by atoms with Crippen LogP contribution in [-0.4, -0.2) is 4.98 Å². The van der Waals surface area contributed by atoms with Gasteiger partial charge in [-0.15, -0.1) is 0 Å². The van der Waals surface area contributed by atoms with Crippen LogP contribution in [0.3, 0.4) is 0 Å². The molecule has 2 rings (SSSR count). The zero-order valence-corrected chi connectivity index (χ0v) is 11.6. The normalized spacial score (nSPS) is 13.3. The van der Waals surface area contributed by atoms with E-state index in [0.29, 0.717) is 0 Å². The zero-order valence-electron chi connectivity index (χ0n) is 11.6. The second-order valence-corrected chi connectivity index (χ2v) is 6.67. The Morgan fingerprint density at radius 2 is 1.59 bits per heavy atom. The van der Waals surface area contributed by atoms with Crippen LogP contribution in [0, 0.1) is 0 Å². The largest absolute Gasteiger partial charge is 0.440 e. The molecule has 0 spiro atoms. The van der Waals surface area contributed by atoms with E-state index >= 15 is 0 Å². The lowest BCUT2D eigenvalue weighted by molar-refractivity contribution is 0.407. The summed E-state index contributed by atoms with van der Waals surface area (Å²) < 4.78 is 5.98. The molecule has 17 heavy (non-hydrogen) atoms. The SMILES string of the molecule is CC(C)(C)c1nc2cccc(C(C)(C)C)c2o1. The van der Waals surface area contributed by atoms with E-state index in [9.17, 15) is 0 Å². The van der Waals surface area contributed by atoms with Gasteiger partial charge < -0.3 is 4.42 Å². The van der Waals surface area contributed by atoms with Gasteiger partial charge in [-0.05, 0) is 11.5 Å². The minimum Gasteiger partial charge on any atom is -0.440 e. The molecule has 0 aliphatic carbocycles. The van der Waals surface area contributed by atoms with Gasteiger partial charge >= 0.3 is 0 Å². The van der Waals surface area contributed by atoms with E-state index in [-0.39, 0.29) is 10.8 Å². The molecule has 1 aromatic heterocycles. The van der Waals surface area contributed by atoms with E-state index < -0.39 is 0 Å². The third kappa shape index (κ3) is 2.21. The van der Waals surface area contributed by atoms with Gasteiger partial charge in [0.1, 0.15) is 5.52 Å². The second kappa shape index (κ2) is 3.59. The molecule has 1 heterocycles. The molecule has 0 aliphatic rings. The Hall–Kier alpha value is -1.31. The Kier molecular flexibility index (Phi) is 2.57. The molecule has 0 unspecified atom stereocenters. The molecule has 0 atom stereocenters. The van der Waals surface area contributed by atoms with E-state index in [1.807, 2.05) is 6.07 Å². The minimum absolute atomic E-state index is 0.0474. The van der Waals surface area contributed by atoms with Crippen molar-refractivity contribution >= 4 is 11.1 Å². The molecule has 1 aromatic carbocycles. The number of para-hydroxylation sites is 1. The smallest absolute Gasteiger partial charge is 0.200 e. The first kappa shape index (κ1) is 12.2. The second-order valence-electron chi connectivity index (χ2n) is 6.67. The molecule has 2 heteroatoms. The number of aromatic nitrogens is 1. The van der Waals surface area contributed by atoms with Gasteiger partial charge in [-0.3, -0.25) is 0 Å². The highest BCUT2D eigenvalue weighted by Crippen LogP contribution is 2.33. The van der Waals surface area contributed by atoms with Gasteiger partial charge in [-0.2, -0.15) is 0 Å². The van der Waals surface area contributed by atoms with Crippen molar-refractivity contribution < 1.29 is 4.42 Å². The van der Waals surface area contributed by atoms with Gasteiger partial charge in [0.2, 0.25) is 5.89 Å². The molecule has 0 radical (unpaired) electrons. The van der Waals surface area contributed by atoms with Crippen molar-refractivity contribution in [3.8, 4) is 0 Å².